The number of fused-ring (bicyclic) bond motifs is 1. The van der Waals surface area contributed by atoms with E-state index in [1.165, 1.54) is 0 Å². The van der Waals surface area contributed by atoms with Crippen molar-refractivity contribution in [3.8, 4) is 11.4 Å². The zero-order valence-electron chi connectivity index (χ0n) is 14.1. The summed E-state index contributed by atoms with van der Waals surface area (Å²) < 4.78 is 3.98. The van der Waals surface area contributed by atoms with Crippen LogP contribution in [0.1, 0.15) is 6.92 Å². The maximum absolute atomic E-state index is 4.55. The van der Waals surface area contributed by atoms with Gasteiger partial charge in [-0.1, -0.05) is 6.07 Å². The Morgan fingerprint density at radius 2 is 1.96 bits per heavy atom. The van der Waals surface area contributed by atoms with E-state index in [4.69, 9.17) is 0 Å². The molecule has 7 nitrogen and oxygen atoms in total. The highest BCUT2D eigenvalue weighted by atomic mass is 15.1. The van der Waals surface area contributed by atoms with E-state index < -0.39 is 0 Å². The van der Waals surface area contributed by atoms with Crippen molar-refractivity contribution >= 4 is 22.8 Å². The van der Waals surface area contributed by atoms with Gasteiger partial charge in [-0.25, -0.2) is 15.0 Å². The van der Waals surface area contributed by atoms with Crippen LogP contribution in [0.3, 0.4) is 0 Å². The predicted molar refractivity (Wildman–Crippen MR) is 99.1 cm³/mol. The lowest BCUT2D eigenvalue weighted by Crippen LogP contribution is -2.01. The SMILES string of the molecule is CCNc1cccc(Nc2nccn3c(-c4cncn4C)cnc23)c1. The molecule has 0 fully saturated rings. The molecule has 0 amide bonds. The third kappa shape index (κ3) is 2.80. The summed E-state index contributed by atoms with van der Waals surface area (Å²) in [5.74, 6) is 0.713. The van der Waals surface area contributed by atoms with Crippen LogP contribution in [0, 0.1) is 0 Å². The van der Waals surface area contributed by atoms with Gasteiger partial charge in [0.2, 0.25) is 0 Å². The monoisotopic (exact) mass is 333 g/mol. The average molecular weight is 333 g/mol. The summed E-state index contributed by atoms with van der Waals surface area (Å²) in [5, 5.41) is 6.67. The molecule has 25 heavy (non-hydrogen) atoms. The number of aryl methyl sites for hydroxylation is 1. The largest absolute Gasteiger partial charge is 0.385 e. The first-order chi connectivity index (χ1) is 12.3. The van der Waals surface area contributed by atoms with Crippen molar-refractivity contribution < 1.29 is 0 Å². The van der Waals surface area contributed by atoms with Crippen molar-refractivity contribution in [1.29, 1.82) is 0 Å². The van der Waals surface area contributed by atoms with Crippen LogP contribution >= 0.6 is 0 Å². The van der Waals surface area contributed by atoms with Gasteiger partial charge in [0.1, 0.15) is 0 Å². The standard InChI is InChI=1S/C18H19N7/c1-3-20-13-5-4-6-14(9-13)23-17-18-22-11-16(25(18)8-7-21-17)15-10-19-12-24(15)2/h4-12,20H,3H2,1-2H3,(H,21,23). The molecule has 2 N–H and O–H groups in total. The molecule has 0 atom stereocenters. The normalized spacial score (nSPS) is 11.0. The van der Waals surface area contributed by atoms with Crippen LogP contribution in [-0.2, 0) is 7.05 Å². The van der Waals surface area contributed by atoms with Gasteiger partial charge in [0.25, 0.3) is 0 Å². The molecule has 0 aliphatic rings. The highest BCUT2D eigenvalue weighted by Gasteiger charge is 2.12. The minimum Gasteiger partial charge on any atom is -0.385 e. The molecule has 7 heteroatoms. The van der Waals surface area contributed by atoms with Gasteiger partial charge < -0.3 is 15.2 Å². The molecule has 3 aromatic heterocycles. The minimum absolute atomic E-state index is 0.713. The number of imidazole rings is 2. The second-order valence-electron chi connectivity index (χ2n) is 5.74. The number of hydrogen-bond acceptors (Lipinski definition) is 5. The van der Waals surface area contributed by atoms with Gasteiger partial charge in [-0.3, -0.25) is 4.40 Å². The van der Waals surface area contributed by atoms with Crippen LogP contribution in [0.2, 0.25) is 0 Å². The fourth-order valence-corrected chi connectivity index (χ4v) is 2.85. The average Bonchev–Trinajstić information content (AvgIpc) is 3.22. The lowest BCUT2D eigenvalue weighted by molar-refractivity contribution is 0.913. The topological polar surface area (TPSA) is 72.1 Å². The maximum Gasteiger partial charge on any atom is 0.180 e. The fourth-order valence-electron chi connectivity index (χ4n) is 2.85. The van der Waals surface area contributed by atoms with Gasteiger partial charge in [0.05, 0.1) is 30.1 Å². The number of nitrogens with one attached hydrogen (secondary N) is 2. The molecule has 126 valence electrons. The van der Waals surface area contributed by atoms with E-state index in [0.29, 0.717) is 5.82 Å². The van der Waals surface area contributed by atoms with Crippen molar-refractivity contribution in [2.45, 2.75) is 6.92 Å². The van der Waals surface area contributed by atoms with Crippen molar-refractivity contribution in [1.82, 2.24) is 23.9 Å². The molecule has 0 unspecified atom stereocenters. The van der Waals surface area contributed by atoms with Gasteiger partial charge in [-0.2, -0.15) is 0 Å². The van der Waals surface area contributed by atoms with Crippen molar-refractivity contribution in [2.75, 3.05) is 17.2 Å². The number of anilines is 3. The highest BCUT2D eigenvalue weighted by molar-refractivity contribution is 5.74. The van der Waals surface area contributed by atoms with Crippen LogP contribution in [0.15, 0.2) is 55.4 Å². The number of aromatic nitrogens is 5. The van der Waals surface area contributed by atoms with Gasteiger partial charge >= 0.3 is 0 Å². The Morgan fingerprint density at radius 3 is 2.76 bits per heavy atom. The molecular weight excluding hydrogens is 314 g/mol. The summed E-state index contributed by atoms with van der Waals surface area (Å²) >= 11 is 0. The first kappa shape index (κ1) is 15.2. The molecule has 3 heterocycles. The van der Waals surface area contributed by atoms with Crippen molar-refractivity contribution in [2.24, 2.45) is 7.05 Å². The Balaban J connectivity index is 1.73. The highest BCUT2D eigenvalue weighted by Crippen LogP contribution is 2.25. The van der Waals surface area contributed by atoms with Crippen LogP contribution < -0.4 is 10.6 Å². The lowest BCUT2D eigenvalue weighted by atomic mass is 10.2. The van der Waals surface area contributed by atoms with E-state index in [2.05, 4.69) is 38.6 Å². The zero-order valence-corrected chi connectivity index (χ0v) is 14.1. The molecule has 0 saturated carbocycles. The van der Waals surface area contributed by atoms with Crippen molar-refractivity contribution in [3.63, 3.8) is 0 Å². The molecular formula is C18H19N7. The number of benzene rings is 1. The third-order valence-electron chi connectivity index (χ3n) is 4.01. The molecule has 0 spiro atoms. The minimum atomic E-state index is 0.713. The Morgan fingerprint density at radius 1 is 1.08 bits per heavy atom. The van der Waals surface area contributed by atoms with Gasteiger partial charge in [0.15, 0.2) is 11.5 Å². The van der Waals surface area contributed by atoms with E-state index in [1.54, 1.807) is 12.5 Å². The predicted octanol–water partition coefficient (Wildman–Crippen LogP) is 3.31. The Bertz CT molecular complexity index is 1020. The molecule has 0 bridgehead atoms. The number of nitrogens with zero attached hydrogens (tertiary/aromatic N) is 5. The summed E-state index contributed by atoms with van der Waals surface area (Å²) in [6.07, 6.45) is 9.13. The lowest BCUT2D eigenvalue weighted by Gasteiger charge is -2.10. The maximum atomic E-state index is 4.55. The van der Waals surface area contributed by atoms with Gasteiger partial charge in [-0.15, -0.1) is 0 Å². The summed E-state index contributed by atoms with van der Waals surface area (Å²) in [6.45, 7) is 2.96. The first-order valence-corrected chi connectivity index (χ1v) is 8.16. The molecule has 0 aliphatic heterocycles. The molecule has 0 saturated heterocycles. The summed E-state index contributed by atoms with van der Waals surface area (Å²) in [7, 11) is 1.97. The first-order valence-electron chi connectivity index (χ1n) is 8.16. The number of hydrogen-bond donors (Lipinski definition) is 2. The van der Waals surface area contributed by atoms with Crippen LogP contribution in [0.5, 0.6) is 0 Å². The van der Waals surface area contributed by atoms with Gasteiger partial charge in [-0.05, 0) is 25.1 Å². The quantitative estimate of drug-likeness (QED) is 0.586. The smallest absolute Gasteiger partial charge is 0.180 e. The summed E-state index contributed by atoms with van der Waals surface area (Å²) in [6, 6.07) is 8.11. The molecule has 0 radical (unpaired) electrons. The van der Waals surface area contributed by atoms with Gasteiger partial charge in [0, 0.05) is 37.4 Å². The molecule has 4 rings (SSSR count). The van der Waals surface area contributed by atoms with E-state index in [-0.39, 0.29) is 0 Å². The van der Waals surface area contributed by atoms with E-state index in [9.17, 15) is 0 Å². The van der Waals surface area contributed by atoms with E-state index >= 15 is 0 Å². The summed E-state index contributed by atoms with van der Waals surface area (Å²) in [4.78, 5) is 13.2. The Labute approximate surface area is 145 Å². The second-order valence-corrected chi connectivity index (χ2v) is 5.74. The van der Waals surface area contributed by atoms with E-state index in [0.717, 1.165) is 35.0 Å². The van der Waals surface area contributed by atoms with Crippen molar-refractivity contribution in [3.05, 3.63) is 55.4 Å². The van der Waals surface area contributed by atoms with Crippen LogP contribution in [-0.4, -0.2) is 30.5 Å². The second kappa shape index (κ2) is 6.27. The fraction of sp³-hybridized carbons (Fsp3) is 0.167. The molecule has 4 aromatic rings. The van der Waals surface area contributed by atoms with Crippen LogP contribution in [0.4, 0.5) is 17.2 Å². The Kier molecular flexibility index (Phi) is 3.81. The van der Waals surface area contributed by atoms with Crippen LogP contribution in [0.25, 0.3) is 17.0 Å². The Hall–Kier alpha value is -3.35. The molecule has 0 aliphatic carbocycles. The third-order valence-corrected chi connectivity index (χ3v) is 4.01. The molecule has 1 aromatic carbocycles. The number of rotatable bonds is 5. The zero-order chi connectivity index (χ0) is 17.2. The van der Waals surface area contributed by atoms with E-state index in [1.807, 2.05) is 52.8 Å². The summed E-state index contributed by atoms with van der Waals surface area (Å²) in [5.41, 5.74) is 4.77.